The number of nitrogens with zero attached hydrogens (tertiary/aromatic N) is 4. The Morgan fingerprint density at radius 1 is 1.08 bits per heavy atom. The van der Waals surface area contributed by atoms with Gasteiger partial charge in [-0.1, -0.05) is 36.7 Å². The third kappa shape index (κ3) is 3.52. The van der Waals surface area contributed by atoms with Gasteiger partial charge in [-0.25, -0.2) is 24.3 Å². The Labute approximate surface area is 212 Å². The molecule has 4 heterocycles. The molecule has 3 aliphatic rings. The van der Waals surface area contributed by atoms with Gasteiger partial charge in [0, 0.05) is 11.6 Å². The predicted octanol–water partition coefficient (Wildman–Crippen LogP) is 7.24. The van der Waals surface area contributed by atoms with Crippen LogP contribution in [0.3, 0.4) is 0 Å². The van der Waals surface area contributed by atoms with Gasteiger partial charge in [-0.05, 0) is 67.9 Å². The molecule has 3 fully saturated rings. The van der Waals surface area contributed by atoms with Crippen LogP contribution in [-0.2, 0) is 6.42 Å². The monoisotopic (exact) mass is 501 g/mol. The zero-order valence-corrected chi connectivity index (χ0v) is 20.6. The number of hydrogen-bond acceptors (Lipinski definition) is 5. The van der Waals surface area contributed by atoms with Crippen molar-refractivity contribution in [3.05, 3.63) is 59.4 Å². The first-order valence-corrected chi connectivity index (χ1v) is 13.0. The summed E-state index contributed by atoms with van der Waals surface area (Å²) in [6.45, 7) is 2.33. The molecular weight excluding hydrogens is 477 g/mol. The number of aromatic amines is 1. The van der Waals surface area contributed by atoms with Crippen LogP contribution in [0.25, 0.3) is 45.0 Å². The SMILES string of the molecule is C[C@@H]1C2CCC(CC2)[C@H]1Cc1nc(-c2c[nH]c3ncc(Cl)nc23)nc(-c2cc3ccccc3o2)c1F. The van der Waals surface area contributed by atoms with Crippen LogP contribution in [0.4, 0.5) is 4.39 Å². The molecule has 182 valence electrons. The molecule has 0 saturated heterocycles. The number of aromatic nitrogens is 5. The van der Waals surface area contributed by atoms with Gasteiger partial charge in [0.1, 0.15) is 21.9 Å². The summed E-state index contributed by atoms with van der Waals surface area (Å²) >= 11 is 6.14. The molecule has 2 bridgehead atoms. The lowest BCUT2D eigenvalue weighted by Crippen LogP contribution is -2.39. The largest absolute Gasteiger partial charge is 0.454 e. The van der Waals surface area contributed by atoms with E-state index in [0.717, 1.165) is 11.3 Å². The molecule has 0 aliphatic heterocycles. The van der Waals surface area contributed by atoms with Gasteiger partial charge in [-0.15, -0.1) is 0 Å². The topological polar surface area (TPSA) is 80.5 Å². The smallest absolute Gasteiger partial charge is 0.174 e. The van der Waals surface area contributed by atoms with Crippen LogP contribution >= 0.6 is 11.6 Å². The second-order valence-corrected chi connectivity index (χ2v) is 10.7. The second kappa shape index (κ2) is 8.37. The average molecular weight is 502 g/mol. The first-order valence-electron chi connectivity index (χ1n) is 12.6. The van der Waals surface area contributed by atoms with Crippen molar-refractivity contribution in [1.29, 1.82) is 0 Å². The molecule has 0 radical (unpaired) electrons. The maximum absolute atomic E-state index is 16.2. The number of para-hydroxylation sites is 1. The summed E-state index contributed by atoms with van der Waals surface area (Å²) in [7, 11) is 0. The lowest BCUT2D eigenvalue weighted by Gasteiger charge is -2.47. The highest BCUT2D eigenvalue weighted by atomic mass is 35.5. The molecule has 0 unspecified atom stereocenters. The zero-order valence-electron chi connectivity index (χ0n) is 19.8. The molecule has 6 nitrogen and oxygen atoms in total. The summed E-state index contributed by atoms with van der Waals surface area (Å²) in [6, 6.07) is 9.49. The highest BCUT2D eigenvalue weighted by Crippen LogP contribution is 2.50. The van der Waals surface area contributed by atoms with E-state index in [-0.39, 0.29) is 10.8 Å². The number of nitrogens with one attached hydrogen (secondary N) is 1. The Kier molecular flexibility index (Phi) is 5.10. The summed E-state index contributed by atoms with van der Waals surface area (Å²) in [6.07, 6.45) is 8.87. The summed E-state index contributed by atoms with van der Waals surface area (Å²) in [5.41, 5.74) is 3.06. The molecule has 8 heteroatoms. The standard InChI is InChI=1S/C28H25ClFN5O/c1-14-15-6-8-16(9-7-15)18(14)11-20-24(30)26(22-10-17-4-2-3-5-21(17)36-22)35-27(33-20)19-12-31-28-25(19)34-23(29)13-32-28/h2-5,10,12-16,18H,6-9,11H2,1H3,(H,31,32)/t14-,15?,16?,18+/m1/s1. The van der Waals surface area contributed by atoms with E-state index >= 15 is 4.39 Å². The third-order valence-electron chi connectivity index (χ3n) is 8.44. The highest BCUT2D eigenvalue weighted by Gasteiger charge is 2.41. The fourth-order valence-corrected chi connectivity index (χ4v) is 6.64. The number of benzene rings is 1. The fourth-order valence-electron chi connectivity index (χ4n) is 6.51. The van der Waals surface area contributed by atoms with Crippen molar-refractivity contribution in [2.75, 3.05) is 0 Å². The molecule has 3 aliphatic carbocycles. The van der Waals surface area contributed by atoms with Crippen LogP contribution in [-0.4, -0.2) is 24.9 Å². The minimum absolute atomic E-state index is 0.171. The van der Waals surface area contributed by atoms with Crippen molar-refractivity contribution in [1.82, 2.24) is 24.9 Å². The number of rotatable bonds is 4. The van der Waals surface area contributed by atoms with E-state index < -0.39 is 5.82 Å². The van der Waals surface area contributed by atoms with Crippen molar-refractivity contribution in [3.63, 3.8) is 0 Å². The Morgan fingerprint density at radius 2 is 1.89 bits per heavy atom. The summed E-state index contributed by atoms with van der Waals surface area (Å²) in [4.78, 5) is 21.3. The van der Waals surface area contributed by atoms with Crippen LogP contribution in [0, 0.1) is 29.5 Å². The van der Waals surface area contributed by atoms with E-state index in [1.807, 2.05) is 30.3 Å². The van der Waals surface area contributed by atoms with Crippen LogP contribution in [0.15, 0.2) is 47.1 Å². The molecule has 1 N–H and O–H groups in total. The molecule has 5 aromatic rings. The Bertz CT molecular complexity index is 1570. The first kappa shape index (κ1) is 21.9. The molecule has 0 spiro atoms. The predicted molar refractivity (Wildman–Crippen MR) is 137 cm³/mol. The maximum atomic E-state index is 16.2. The molecule has 8 rings (SSSR count). The molecule has 2 atom stereocenters. The number of halogens is 2. The van der Waals surface area contributed by atoms with Gasteiger partial charge in [0.25, 0.3) is 0 Å². The number of hydrogen-bond donors (Lipinski definition) is 1. The fraction of sp³-hybridized carbons (Fsp3) is 0.357. The third-order valence-corrected chi connectivity index (χ3v) is 8.62. The van der Waals surface area contributed by atoms with Crippen molar-refractivity contribution >= 4 is 33.7 Å². The maximum Gasteiger partial charge on any atom is 0.174 e. The Morgan fingerprint density at radius 3 is 2.69 bits per heavy atom. The Hall–Kier alpha value is -3.32. The average Bonchev–Trinajstić information content (AvgIpc) is 3.51. The molecule has 4 aromatic heterocycles. The highest BCUT2D eigenvalue weighted by molar-refractivity contribution is 6.29. The van der Waals surface area contributed by atoms with Crippen molar-refractivity contribution < 1.29 is 8.81 Å². The lowest BCUT2D eigenvalue weighted by molar-refractivity contribution is 0.0334. The van der Waals surface area contributed by atoms with E-state index in [1.54, 1.807) is 6.20 Å². The molecule has 36 heavy (non-hydrogen) atoms. The molecule has 1 aromatic carbocycles. The lowest BCUT2D eigenvalue weighted by atomic mass is 9.58. The molecular formula is C28H25ClFN5O. The van der Waals surface area contributed by atoms with Gasteiger partial charge in [-0.3, -0.25) is 0 Å². The molecule has 3 saturated carbocycles. The van der Waals surface area contributed by atoms with Gasteiger partial charge in [-0.2, -0.15) is 0 Å². The van der Waals surface area contributed by atoms with Crippen molar-refractivity contribution in [2.45, 2.75) is 39.0 Å². The van der Waals surface area contributed by atoms with Gasteiger partial charge in [0.2, 0.25) is 0 Å². The van der Waals surface area contributed by atoms with E-state index in [2.05, 4.69) is 26.9 Å². The van der Waals surface area contributed by atoms with Crippen LogP contribution < -0.4 is 0 Å². The van der Waals surface area contributed by atoms with E-state index in [4.69, 9.17) is 21.0 Å². The minimum Gasteiger partial charge on any atom is -0.454 e. The second-order valence-electron chi connectivity index (χ2n) is 10.3. The molecule has 0 amide bonds. The summed E-state index contributed by atoms with van der Waals surface area (Å²) in [5, 5.41) is 1.17. The normalized spacial score (nSPS) is 23.6. The van der Waals surface area contributed by atoms with Gasteiger partial charge in [0.15, 0.2) is 23.0 Å². The number of fused-ring (bicyclic) bond motifs is 5. The summed E-state index contributed by atoms with van der Waals surface area (Å²) in [5.74, 6) is 2.69. The van der Waals surface area contributed by atoms with Crippen LogP contribution in [0.5, 0.6) is 0 Å². The van der Waals surface area contributed by atoms with Crippen LogP contribution in [0.2, 0.25) is 5.15 Å². The van der Waals surface area contributed by atoms with Crippen molar-refractivity contribution in [2.24, 2.45) is 23.7 Å². The summed E-state index contributed by atoms with van der Waals surface area (Å²) < 4.78 is 22.2. The van der Waals surface area contributed by atoms with Gasteiger partial charge in [0.05, 0.1) is 17.5 Å². The van der Waals surface area contributed by atoms with E-state index in [0.29, 0.717) is 63.8 Å². The first-order chi connectivity index (χ1) is 17.5. The van der Waals surface area contributed by atoms with E-state index in [9.17, 15) is 0 Å². The quantitative estimate of drug-likeness (QED) is 0.281. The van der Waals surface area contributed by atoms with Crippen LogP contribution in [0.1, 0.15) is 38.3 Å². The van der Waals surface area contributed by atoms with Crippen molar-refractivity contribution in [3.8, 4) is 22.8 Å². The van der Waals surface area contributed by atoms with Gasteiger partial charge >= 0.3 is 0 Å². The number of furan rings is 1. The number of H-pyrrole nitrogens is 1. The van der Waals surface area contributed by atoms with E-state index in [1.165, 1.54) is 31.9 Å². The zero-order chi connectivity index (χ0) is 24.4. The minimum atomic E-state index is -0.407. The Balaban J connectivity index is 1.40. The van der Waals surface area contributed by atoms with Gasteiger partial charge < -0.3 is 9.40 Å².